The van der Waals surface area contributed by atoms with Crippen molar-refractivity contribution in [1.29, 1.82) is 0 Å². The number of benzene rings is 21. The zero-order valence-corrected chi connectivity index (χ0v) is 59.7. The smallest absolute Gasteiger partial charge is 0.136 e. The molecule has 0 fully saturated rings. The van der Waals surface area contributed by atoms with Gasteiger partial charge in [0.05, 0.1) is 11.4 Å². The van der Waals surface area contributed by atoms with Crippen LogP contribution < -0.4 is 9.80 Å². The number of hydrogen-bond donors (Lipinski definition) is 0. The van der Waals surface area contributed by atoms with E-state index < -0.39 is 0 Å². The number of hydrogen-bond acceptors (Lipinski definition) is 4. The molecule has 110 heavy (non-hydrogen) atoms. The Morgan fingerprint density at radius 3 is 1.05 bits per heavy atom. The molecule has 4 heteroatoms. The molecule has 0 amide bonds. The fourth-order valence-corrected chi connectivity index (χ4v) is 18.2. The van der Waals surface area contributed by atoms with Gasteiger partial charge in [-0.2, -0.15) is 0 Å². The summed E-state index contributed by atoms with van der Waals surface area (Å²) in [5, 5.41) is 28.5. The summed E-state index contributed by atoms with van der Waals surface area (Å²) in [6.45, 7) is 0. The molecule has 23 rings (SSSR count). The second kappa shape index (κ2) is 24.5. The van der Waals surface area contributed by atoms with Crippen LogP contribution in [0.15, 0.2) is 397 Å². The Morgan fingerprint density at radius 1 is 0.155 bits per heavy atom. The highest BCUT2D eigenvalue weighted by Crippen LogP contribution is 2.51. The van der Waals surface area contributed by atoms with E-state index in [-0.39, 0.29) is 0 Å². The van der Waals surface area contributed by atoms with Crippen molar-refractivity contribution in [2.75, 3.05) is 9.80 Å². The molecule has 21 aromatic carbocycles. The van der Waals surface area contributed by atoms with Gasteiger partial charge in [0.25, 0.3) is 0 Å². The number of anilines is 6. The van der Waals surface area contributed by atoms with Gasteiger partial charge in [0.15, 0.2) is 0 Å². The summed E-state index contributed by atoms with van der Waals surface area (Å²) in [5.41, 5.74) is 18.9. The maximum Gasteiger partial charge on any atom is 0.136 e. The minimum Gasteiger partial charge on any atom is -0.456 e. The lowest BCUT2D eigenvalue weighted by atomic mass is 9.92. The molecule has 23 aromatic rings. The first-order valence-corrected chi connectivity index (χ1v) is 37.8. The number of furan rings is 2. The van der Waals surface area contributed by atoms with Crippen LogP contribution in [0.5, 0.6) is 0 Å². The molecule has 0 unspecified atom stereocenters. The van der Waals surface area contributed by atoms with Gasteiger partial charge in [-0.3, -0.25) is 0 Å². The van der Waals surface area contributed by atoms with Crippen LogP contribution >= 0.6 is 0 Å². The van der Waals surface area contributed by atoms with E-state index in [0.29, 0.717) is 0 Å². The van der Waals surface area contributed by atoms with Gasteiger partial charge in [-0.1, -0.05) is 285 Å². The van der Waals surface area contributed by atoms with Gasteiger partial charge < -0.3 is 18.6 Å². The number of para-hydroxylation sites is 2. The van der Waals surface area contributed by atoms with E-state index in [0.717, 1.165) is 133 Å². The van der Waals surface area contributed by atoms with Crippen molar-refractivity contribution in [3.8, 4) is 44.5 Å². The minimum absolute atomic E-state index is 0.842. The lowest BCUT2D eigenvalue weighted by molar-refractivity contribution is 0.669. The van der Waals surface area contributed by atoms with Gasteiger partial charge in [0.2, 0.25) is 0 Å². The maximum absolute atomic E-state index is 7.06. The van der Waals surface area contributed by atoms with Crippen LogP contribution in [-0.4, -0.2) is 0 Å². The van der Waals surface area contributed by atoms with Gasteiger partial charge >= 0.3 is 0 Å². The van der Waals surface area contributed by atoms with Crippen LogP contribution in [0.25, 0.3) is 196 Å². The fraction of sp³-hybridized carbons (Fsp3) is 0. The molecule has 0 spiro atoms. The Bertz CT molecular complexity index is 7810. The Kier molecular flexibility index (Phi) is 13.7. The summed E-state index contributed by atoms with van der Waals surface area (Å²) >= 11 is 0. The molecule has 0 saturated carbocycles. The molecule has 0 aliphatic heterocycles. The average Bonchev–Trinajstić information content (AvgIpc) is 1.70. The minimum atomic E-state index is 0.842. The largest absolute Gasteiger partial charge is 0.456 e. The highest BCUT2D eigenvalue weighted by molar-refractivity contribution is 6.21. The first kappa shape index (κ1) is 61.7. The first-order valence-electron chi connectivity index (χ1n) is 37.8. The Balaban J connectivity index is 0.622. The van der Waals surface area contributed by atoms with E-state index in [1.54, 1.807) is 0 Å². The molecule has 510 valence electrons. The molecule has 0 aliphatic rings. The van der Waals surface area contributed by atoms with E-state index in [4.69, 9.17) is 8.83 Å². The van der Waals surface area contributed by atoms with E-state index in [1.165, 1.54) is 97.3 Å². The lowest BCUT2D eigenvalue weighted by Gasteiger charge is -2.29. The predicted octanol–water partition coefficient (Wildman–Crippen LogP) is 30.6. The van der Waals surface area contributed by atoms with Crippen LogP contribution in [0, 0.1) is 0 Å². The third kappa shape index (κ3) is 9.79. The summed E-state index contributed by atoms with van der Waals surface area (Å²) in [5.74, 6) is 0. The Morgan fingerprint density at radius 2 is 0.491 bits per heavy atom. The van der Waals surface area contributed by atoms with E-state index in [9.17, 15) is 0 Å². The van der Waals surface area contributed by atoms with Crippen molar-refractivity contribution in [3.63, 3.8) is 0 Å². The Hall–Kier alpha value is -14.6. The quantitative estimate of drug-likeness (QED) is 0.128. The van der Waals surface area contributed by atoms with Gasteiger partial charge in [0.1, 0.15) is 22.3 Å². The fourth-order valence-electron chi connectivity index (χ4n) is 18.2. The summed E-state index contributed by atoms with van der Waals surface area (Å²) in [6.07, 6.45) is 0. The lowest BCUT2D eigenvalue weighted by Crippen LogP contribution is -2.11. The van der Waals surface area contributed by atoms with Gasteiger partial charge in [-0.25, -0.2) is 0 Å². The predicted molar refractivity (Wildman–Crippen MR) is 467 cm³/mol. The molecular formula is C106H64N2O2. The number of rotatable bonds is 10. The Labute approximate surface area is 633 Å². The molecule has 0 saturated heterocycles. The maximum atomic E-state index is 7.06. The van der Waals surface area contributed by atoms with Crippen molar-refractivity contribution in [1.82, 2.24) is 0 Å². The van der Waals surface area contributed by atoms with Crippen LogP contribution in [-0.2, 0) is 0 Å². The second-order valence-corrected chi connectivity index (χ2v) is 29.4. The SMILES string of the molecule is c1ccc(N(c2ccc3c(ccc4ccccc43)c2)c2ccc3c(ccc4cc(-c5cccc6cc7c(cc56)oc5cccc(-c6ccccc6N(c6ccc(-c8cccc9c8ccc8ccccc89)cc6)c6ccc8c(ccc9ccccc98)c6)c57)ccc43)c2)c(-c2cccc3oc4cc5ccccc5cc4c23)c1. The highest BCUT2D eigenvalue weighted by atomic mass is 16.3. The third-order valence-electron chi connectivity index (χ3n) is 23.3. The molecule has 2 heterocycles. The summed E-state index contributed by atoms with van der Waals surface area (Å²) in [6, 6.07) is 143. The molecule has 0 aliphatic carbocycles. The van der Waals surface area contributed by atoms with Crippen LogP contribution in [0.4, 0.5) is 34.1 Å². The van der Waals surface area contributed by atoms with Crippen molar-refractivity contribution in [2.24, 2.45) is 0 Å². The van der Waals surface area contributed by atoms with Crippen molar-refractivity contribution >= 4 is 186 Å². The second-order valence-electron chi connectivity index (χ2n) is 29.4. The van der Waals surface area contributed by atoms with Crippen LogP contribution in [0.3, 0.4) is 0 Å². The van der Waals surface area contributed by atoms with Gasteiger partial charge in [-0.05, 0) is 244 Å². The normalized spacial score (nSPS) is 12.0. The zero-order chi connectivity index (χ0) is 72.1. The van der Waals surface area contributed by atoms with Crippen molar-refractivity contribution in [2.45, 2.75) is 0 Å². The number of fused-ring (bicyclic) bond motifs is 20. The van der Waals surface area contributed by atoms with Crippen molar-refractivity contribution < 1.29 is 8.83 Å². The molecule has 0 N–H and O–H groups in total. The monoisotopic (exact) mass is 1400 g/mol. The van der Waals surface area contributed by atoms with E-state index >= 15 is 0 Å². The standard InChI is InChI=1S/C106H64N2O2/c1-2-21-70-63-103-97(61-69(70)20-1)105-95(32-15-35-101(105)109-103)93-27-10-12-34-100(93)108(79-50-55-88-75(59-79)40-38-66-18-4-7-24-82(66)88)80-51-56-89-76(60-80)42-41-72-57-73(46-52-86(72)89)85-28-13-22-71-62-98-104(64-96(71)85)110-102-36-16-31-94(106(98)102)92-26-9-11-33-99(92)107(78-49-54-87-74(58-78)39-37-65-17-3-6-23-81(65)87)77-47-43-68(44-48-77)84-29-14-30-90-83-25-8-5-19-67(83)45-53-91(84)90/h1-64H. The molecule has 0 radical (unpaired) electrons. The molecule has 4 nitrogen and oxygen atoms in total. The zero-order valence-electron chi connectivity index (χ0n) is 59.7. The molecule has 0 bridgehead atoms. The van der Waals surface area contributed by atoms with E-state index in [2.05, 4.69) is 398 Å². The topological polar surface area (TPSA) is 32.8 Å². The third-order valence-corrected chi connectivity index (χ3v) is 23.3. The highest BCUT2D eigenvalue weighted by Gasteiger charge is 2.26. The van der Waals surface area contributed by atoms with Crippen LogP contribution in [0.2, 0.25) is 0 Å². The molecular weight excluding hydrogens is 1330 g/mol. The average molecular weight is 1400 g/mol. The van der Waals surface area contributed by atoms with Crippen LogP contribution in [0.1, 0.15) is 0 Å². The van der Waals surface area contributed by atoms with Gasteiger partial charge in [-0.15, -0.1) is 0 Å². The van der Waals surface area contributed by atoms with E-state index in [1.807, 2.05) is 0 Å². The van der Waals surface area contributed by atoms with Crippen molar-refractivity contribution in [3.05, 3.63) is 388 Å². The summed E-state index contributed by atoms with van der Waals surface area (Å²) in [7, 11) is 0. The van der Waals surface area contributed by atoms with Gasteiger partial charge in [0, 0.05) is 55.4 Å². The molecule has 2 aromatic heterocycles. The number of nitrogens with zero attached hydrogens (tertiary/aromatic N) is 2. The summed E-state index contributed by atoms with van der Waals surface area (Å²) < 4.78 is 13.8. The molecule has 0 atom stereocenters. The summed E-state index contributed by atoms with van der Waals surface area (Å²) in [4.78, 5) is 4.89. The first-order chi connectivity index (χ1) is 54.5.